The Morgan fingerprint density at radius 1 is 1.29 bits per heavy atom. The van der Waals surface area contributed by atoms with E-state index in [0.29, 0.717) is 0 Å². The number of aromatic nitrogens is 2. The van der Waals surface area contributed by atoms with E-state index in [2.05, 4.69) is 11.9 Å². The van der Waals surface area contributed by atoms with Crippen molar-refractivity contribution in [3.63, 3.8) is 0 Å². The van der Waals surface area contributed by atoms with Crippen molar-refractivity contribution in [3.8, 4) is 0 Å². The summed E-state index contributed by atoms with van der Waals surface area (Å²) in [7, 11) is 1.51. The number of ether oxygens (including phenoxy) is 4. The van der Waals surface area contributed by atoms with E-state index in [1.165, 1.54) is 41.3 Å². The average molecular weight is 454 g/mol. The van der Waals surface area contributed by atoms with Crippen LogP contribution in [0.15, 0.2) is 21.9 Å². The summed E-state index contributed by atoms with van der Waals surface area (Å²) in [6.07, 6.45) is 2.45. The molecule has 2 saturated heterocycles. The Bertz CT molecular complexity index is 662. The van der Waals surface area contributed by atoms with Gasteiger partial charge in [-0.05, 0) is 0 Å². The second-order valence-electron chi connectivity index (χ2n) is 5.74. The molecule has 9 heteroatoms. The number of methoxy groups -OCH3 is 1. The molecule has 1 aromatic rings. The zero-order valence-corrected chi connectivity index (χ0v) is 16.0. The van der Waals surface area contributed by atoms with E-state index in [4.69, 9.17) is 18.9 Å². The van der Waals surface area contributed by atoms with E-state index in [-0.39, 0.29) is 33.1 Å². The van der Waals surface area contributed by atoms with Gasteiger partial charge < -0.3 is 0 Å². The van der Waals surface area contributed by atoms with Gasteiger partial charge >= 0.3 is 149 Å². The Morgan fingerprint density at radius 3 is 2.79 bits per heavy atom. The van der Waals surface area contributed by atoms with Gasteiger partial charge in [-0.15, -0.1) is 0 Å². The standard InChI is InChI=1S/C15H22N2O6Te/c1-3-4-7-24-8-9-11-12(23-15(20-2)22-11)13(21-9)17-6-5-10(18)16-14(17)19/h5-6,9,11-13,15H,3-4,7-8H2,1-2H3,(H,16,18,19)/t9-,11-,12-,13-,15?/m1/s1. The summed E-state index contributed by atoms with van der Waals surface area (Å²) >= 11 is -0.172. The van der Waals surface area contributed by atoms with Crippen LogP contribution in [0.2, 0.25) is 8.94 Å². The van der Waals surface area contributed by atoms with E-state index in [9.17, 15) is 9.59 Å². The zero-order valence-electron chi connectivity index (χ0n) is 13.7. The SMILES string of the molecule is CCCC[Te]C[C@H]1O[C@@H](n2ccc(=O)[nH]c2=O)[C@@H]2OC(OC)O[C@@H]21. The molecule has 5 atom stereocenters. The first-order chi connectivity index (χ1) is 11.6. The molecule has 2 aliphatic heterocycles. The molecule has 0 aliphatic carbocycles. The number of hydrogen-bond acceptors (Lipinski definition) is 6. The van der Waals surface area contributed by atoms with E-state index in [1.807, 2.05) is 0 Å². The van der Waals surface area contributed by atoms with Gasteiger partial charge in [-0.25, -0.2) is 0 Å². The van der Waals surface area contributed by atoms with Crippen molar-refractivity contribution in [2.45, 2.75) is 59.7 Å². The molecule has 1 aromatic heterocycles. The van der Waals surface area contributed by atoms with Crippen molar-refractivity contribution < 1.29 is 18.9 Å². The predicted octanol–water partition coefficient (Wildman–Crippen LogP) is 0.489. The molecule has 2 fully saturated rings. The molecule has 0 spiro atoms. The number of nitrogens with zero attached hydrogens (tertiary/aromatic N) is 1. The van der Waals surface area contributed by atoms with Gasteiger partial charge in [-0.1, -0.05) is 0 Å². The Morgan fingerprint density at radius 2 is 2.08 bits per heavy atom. The fourth-order valence-electron chi connectivity index (χ4n) is 2.85. The van der Waals surface area contributed by atoms with Crippen LogP contribution in [0.5, 0.6) is 0 Å². The summed E-state index contributed by atoms with van der Waals surface area (Å²) in [6, 6.07) is 1.30. The molecule has 24 heavy (non-hydrogen) atoms. The number of fused-ring (bicyclic) bond motifs is 1. The van der Waals surface area contributed by atoms with Crippen LogP contribution in [-0.4, -0.2) is 62.4 Å². The molecule has 0 saturated carbocycles. The van der Waals surface area contributed by atoms with Gasteiger partial charge in [0.1, 0.15) is 0 Å². The summed E-state index contributed by atoms with van der Waals surface area (Å²) in [5.74, 6) is 0. The van der Waals surface area contributed by atoms with Crippen LogP contribution < -0.4 is 11.2 Å². The van der Waals surface area contributed by atoms with E-state index in [1.54, 1.807) is 0 Å². The van der Waals surface area contributed by atoms with Gasteiger partial charge in [-0.3, -0.25) is 0 Å². The number of unbranched alkanes of at least 4 members (excludes halogenated alkanes) is 1. The first-order valence-electron chi connectivity index (χ1n) is 8.02. The molecule has 2 aliphatic rings. The third-order valence-corrected chi connectivity index (χ3v) is 7.32. The first-order valence-corrected chi connectivity index (χ1v) is 11.3. The molecule has 1 N–H and O–H groups in total. The summed E-state index contributed by atoms with van der Waals surface area (Å²) < 4.78 is 26.3. The number of nitrogens with one attached hydrogen (secondary N) is 1. The Labute approximate surface area is 149 Å². The van der Waals surface area contributed by atoms with Crippen LogP contribution >= 0.6 is 0 Å². The molecular weight excluding hydrogens is 432 g/mol. The Hall–Kier alpha value is -0.690. The van der Waals surface area contributed by atoms with Crippen molar-refractivity contribution >= 4 is 20.9 Å². The summed E-state index contributed by atoms with van der Waals surface area (Å²) in [6.45, 7) is 1.44. The molecule has 134 valence electrons. The topological polar surface area (TPSA) is 91.8 Å². The van der Waals surface area contributed by atoms with Gasteiger partial charge in [0.05, 0.1) is 0 Å². The molecule has 0 amide bonds. The van der Waals surface area contributed by atoms with Crippen molar-refractivity contribution in [2.24, 2.45) is 0 Å². The minimum absolute atomic E-state index is 0.113. The molecule has 8 nitrogen and oxygen atoms in total. The number of hydrogen-bond donors (Lipinski definition) is 1. The van der Waals surface area contributed by atoms with Crippen LogP contribution in [0.25, 0.3) is 0 Å². The summed E-state index contributed by atoms with van der Waals surface area (Å²) in [4.78, 5) is 25.6. The second-order valence-corrected chi connectivity index (χ2v) is 9.02. The number of aromatic amines is 1. The Kier molecular flexibility index (Phi) is 6.13. The molecule has 0 bridgehead atoms. The monoisotopic (exact) mass is 456 g/mol. The van der Waals surface area contributed by atoms with Gasteiger partial charge in [0.2, 0.25) is 0 Å². The minimum atomic E-state index is -0.747. The van der Waals surface area contributed by atoms with Crippen molar-refractivity contribution in [1.82, 2.24) is 9.55 Å². The number of H-pyrrole nitrogens is 1. The fourth-order valence-corrected chi connectivity index (χ4v) is 6.16. The predicted molar refractivity (Wildman–Crippen MR) is 86.1 cm³/mol. The molecule has 3 heterocycles. The summed E-state index contributed by atoms with van der Waals surface area (Å²) in [5, 5.41) is 0. The molecule has 0 radical (unpaired) electrons. The molecule has 0 aromatic carbocycles. The van der Waals surface area contributed by atoms with Gasteiger partial charge in [0.15, 0.2) is 0 Å². The van der Waals surface area contributed by atoms with Crippen molar-refractivity contribution in [2.75, 3.05) is 7.11 Å². The van der Waals surface area contributed by atoms with Gasteiger partial charge in [-0.2, -0.15) is 0 Å². The Balaban J connectivity index is 1.77. The maximum absolute atomic E-state index is 12.1. The van der Waals surface area contributed by atoms with Crippen LogP contribution in [0, 0.1) is 0 Å². The van der Waals surface area contributed by atoms with Crippen LogP contribution in [-0.2, 0) is 18.9 Å². The third-order valence-electron chi connectivity index (χ3n) is 4.06. The number of rotatable bonds is 7. The quantitative estimate of drug-likeness (QED) is 0.477. The van der Waals surface area contributed by atoms with Gasteiger partial charge in [0.25, 0.3) is 0 Å². The van der Waals surface area contributed by atoms with Gasteiger partial charge in [0, 0.05) is 0 Å². The summed E-state index contributed by atoms with van der Waals surface area (Å²) in [5.41, 5.74) is -0.953. The fraction of sp³-hybridized carbons (Fsp3) is 0.733. The maximum atomic E-state index is 12.1. The third kappa shape index (κ3) is 3.77. The molecule has 3 rings (SSSR count). The first kappa shape index (κ1) is 18.1. The van der Waals surface area contributed by atoms with Crippen LogP contribution in [0.4, 0.5) is 0 Å². The van der Waals surface area contributed by atoms with Crippen LogP contribution in [0.3, 0.4) is 0 Å². The van der Waals surface area contributed by atoms with Crippen molar-refractivity contribution in [1.29, 1.82) is 0 Å². The zero-order chi connectivity index (χ0) is 17.1. The van der Waals surface area contributed by atoms with E-state index in [0.717, 1.165) is 4.47 Å². The van der Waals surface area contributed by atoms with E-state index >= 15 is 0 Å². The van der Waals surface area contributed by atoms with Crippen molar-refractivity contribution in [3.05, 3.63) is 33.1 Å². The molecular formula is C15H22N2O6Te. The van der Waals surface area contributed by atoms with Crippen LogP contribution in [0.1, 0.15) is 26.0 Å². The second kappa shape index (κ2) is 8.13. The van der Waals surface area contributed by atoms with E-state index < -0.39 is 30.1 Å². The molecule has 1 unspecified atom stereocenters. The normalized spacial score (nSPS) is 32.2. The average Bonchev–Trinajstić information content (AvgIpc) is 3.11.